The largest absolute Gasteiger partial charge is 0.489 e. The van der Waals surface area contributed by atoms with Crippen molar-refractivity contribution in [3.05, 3.63) is 64.0 Å². The summed E-state index contributed by atoms with van der Waals surface area (Å²) in [5, 5.41) is 16.1. The first-order valence-corrected chi connectivity index (χ1v) is 8.37. The summed E-state index contributed by atoms with van der Waals surface area (Å²) in [5.74, 6) is -1.10. The molecule has 11 heteroatoms. The van der Waals surface area contributed by atoms with Gasteiger partial charge in [0.1, 0.15) is 18.3 Å². The number of alkyl halides is 3. The van der Waals surface area contributed by atoms with Crippen molar-refractivity contribution < 1.29 is 32.0 Å². The highest BCUT2D eigenvalue weighted by Gasteiger charge is 2.33. The van der Waals surface area contributed by atoms with Crippen molar-refractivity contribution in [3.8, 4) is 5.75 Å². The van der Waals surface area contributed by atoms with Crippen LogP contribution >= 0.6 is 0 Å². The molecule has 1 amide bonds. The van der Waals surface area contributed by atoms with Crippen LogP contribution in [0, 0.1) is 15.9 Å². The van der Waals surface area contributed by atoms with Crippen LogP contribution in [0.4, 0.5) is 28.9 Å². The molecule has 0 bridgehead atoms. The number of amides is 1. The van der Waals surface area contributed by atoms with Crippen LogP contribution in [0.25, 0.3) is 0 Å². The quantitative estimate of drug-likeness (QED) is 0.297. The van der Waals surface area contributed by atoms with Gasteiger partial charge in [-0.3, -0.25) is 14.9 Å². The van der Waals surface area contributed by atoms with Crippen LogP contribution < -0.4 is 15.4 Å². The third-order valence-corrected chi connectivity index (χ3v) is 3.78. The van der Waals surface area contributed by atoms with E-state index >= 15 is 0 Å². The Kier molecular flexibility index (Phi) is 6.97. The predicted molar refractivity (Wildman–Crippen MR) is 96.1 cm³/mol. The number of nitrogens with one attached hydrogen (secondary N) is 2. The number of rotatable bonds is 8. The number of nitro groups is 1. The zero-order valence-electron chi connectivity index (χ0n) is 15.1. The molecule has 7 nitrogen and oxygen atoms in total. The highest BCUT2D eigenvalue weighted by Crippen LogP contribution is 2.35. The van der Waals surface area contributed by atoms with Crippen LogP contribution in [0.5, 0.6) is 5.75 Å². The number of carbonyl (C=O) groups excluding carboxylic acids is 1. The Labute approximate surface area is 162 Å². The summed E-state index contributed by atoms with van der Waals surface area (Å²) >= 11 is 0. The SMILES string of the molecule is C[C@@H](Nc1ccc(C(F)(F)F)cc1[N+](=O)[O-])C(=O)NCCOc1ccccc1F. The molecule has 0 saturated heterocycles. The fourth-order valence-corrected chi connectivity index (χ4v) is 2.33. The van der Waals surface area contributed by atoms with E-state index in [9.17, 15) is 32.5 Å². The first kappa shape index (κ1) is 21.9. The second-order valence-electron chi connectivity index (χ2n) is 5.92. The fraction of sp³-hybridized carbons (Fsp3) is 0.278. The van der Waals surface area contributed by atoms with E-state index in [1.54, 1.807) is 6.07 Å². The molecule has 0 aliphatic carbocycles. The minimum Gasteiger partial charge on any atom is -0.489 e. The summed E-state index contributed by atoms with van der Waals surface area (Å²) < 4.78 is 56.8. The van der Waals surface area contributed by atoms with Gasteiger partial charge in [-0.15, -0.1) is 0 Å². The molecule has 0 aliphatic rings. The Morgan fingerprint density at radius 3 is 2.55 bits per heavy atom. The monoisotopic (exact) mass is 415 g/mol. The van der Waals surface area contributed by atoms with E-state index in [4.69, 9.17) is 4.74 Å². The number of hydrogen-bond acceptors (Lipinski definition) is 5. The maximum absolute atomic E-state index is 13.4. The molecule has 0 aliphatic heterocycles. The average Bonchev–Trinajstić information content (AvgIpc) is 2.65. The normalized spacial score (nSPS) is 12.2. The lowest BCUT2D eigenvalue weighted by molar-refractivity contribution is -0.384. The number of hydrogen-bond donors (Lipinski definition) is 2. The number of benzene rings is 2. The van der Waals surface area contributed by atoms with Gasteiger partial charge in [0.25, 0.3) is 5.69 Å². The zero-order chi connectivity index (χ0) is 21.6. The number of ether oxygens (including phenoxy) is 1. The van der Waals surface area contributed by atoms with Gasteiger partial charge in [0.05, 0.1) is 17.0 Å². The highest BCUT2D eigenvalue weighted by atomic mass is 19.4. The molecule has 0 radical (unpaired) electrons. The van der Waals surface area contributed by atoms with E-state index in [1.165, 1.54) is 25.1 Å². The van der Waals surface area contributed by atoms with Gasteiger partial charge < -0.3 is 15.4 Å². The van der Waals surface area contributed by atoms with E-state index in [0.29, 0.717) is 12.1 Å². The molecule has 2 N–H and O–H groups in total. The van der Waals surface area contributed by atoms with Gasteiger partial charge in [-0.1, -0.05) is 12.1 Å². The van der Waals surface area contributed by atoms with Crippen molar-refractivity contribution in [1.82, 2.24) is 5.32 Å². The number of halogens is 4. The van der Waals surface area contributed by atoms with Gasteiger partial charge in [0, 0.05) is 6.07 Å². The van der Waals surface area contributed by atoms with Gasteiger partial charge in [-0.25, -0.2) is 4.39 Å². The number of nitro benzene ring substituents is 1. The van der Waals surface area contributed by atoms with Gasteiger partial charge in [-0.05, 0) is 31.2 Å². The molecule has 0 unspecified atom stereocenters. The van der Waals surface area contributed by atoms with E-state index in [2.05, 4.69) is 10.6 Å². The van der Waals surface area contributed by atoms with Gasteiger partial charge in [0.15, 0.2) is 11.6 Å². The van der Waals surface area contributed by atoms with Gasteiger partial charge in [0.2, 0.25) is 5.91 Å². The number of carbonyl (C=O) groups is 1. The molecule has 0 aromatic heterocycles. The first-order chi connectivity index (χ1) is 13.6. The second kappa shape index (κ2) is 9.22. The Morgan fingerprint density at radius 2 is 1.93 bits per heavy atom. The van der Waals surface area contributed by atoms with Crippen molar-refractivity contribution in [2.24, 2.45) is 0 Å². The molecule has 0 fully saturated rings. The lowest BCUT2D eigenvalue weighted by atomic mass is 10.1. The maximum Gasteiger partial charge on any atom is 0.416 e. The van der Waals surface area contributed by atoms with Gasteiger partial charge in [-0.2, -0.15) is 13.2 Å². The average molecular weight is 415 g/mol. The van der Waals surface area contributed by atoms with Crippen LogP contribution in [0.3, 0.4) is 0 Å². The van der Waals surface area contributed by atoms with Crippen LogP contribution in [0.2, 0.25) is 0 Å². The molecule has 0 heterocycles. The Bertz CT molecular complexity index is 890. The fourth-order valence-electron chi connectivity index (χ4n) is 2.33. The van der Waals surface area contributed by atoms with E-state index in [1.807, 2.05) is 0 Å². The standard InChI is InChI=1S/C18H17F4N3O4/c1-11(17(26)23-8-9-29-16-5-3-2-4-13(16)19)24-14-7-6-12(18(20,21)22)10-15(14)25(27)28/h2-7,10-11,24H,8-9H2,1H3,(H,23,26)/t11-/m1/s1. The molecule has 29 heavy (non-hydrogen) atoms. The molecule has 0 spiro atoms. The van der Waals surface area contributed by atoms with Crippen molar-refractivity contribution in [1.29, 1.82) is 0 Å². The van der Waals surface area contributed by atoms with Gasteiger partial charge >= 0.3 is 6.18 Å². The van der Waals surface area contributed by atoms with Crippen LogP contribution in [0.15, 0.2) is 42.5 Å². The molecular weight excluding hydrogens is 398 g/mol. The first-order valence-electron chi connectivity index (χ1n) is 8.37. The summed E-state index contributed by atoms with van der Waals surface area (Å²) in [6.07, 6.45) is -4.73. The van der Waals surface area contributed by atoms with Crippen molar-refractivity contribution >= 4 is 17.3 Å². The van der Waals surface area contributed by atoms with Crippen molar-refractivity contribution in [2.75, 3.05) is 18.5 Å². The predicted octanol–water partition coefficient (Wildman–Crippen LogP) is 3.75. The number of anilines is 1. The molecule has 2 rings (SSSR count). The topological polar surface area (TPSA) is 93.5 Å². The highest BCUT2D eigenvalue weighted by molar-refractivity contribution is 5.85. The third-order valence-electron chi connectivity index (χ3n) is 3.78. The lowest BCUT2D eigenvalue weighted by Gasteiger charge is -2.16. The Morgan fingerprint density at radius 1 is 1.24 bits per heavy atom. The van der Waals surface area contributed by atoms with Crippen LogP contribution in [-0.2, 0) is 11.0 Å². The molecular formula is C18H17F4N3O4. The minimum absolute atomic E-state index is 0.0216. The summed E-state index contributed by atoms with van der Waals surface area (Å²) in [4.78, 5) is 22.2. The maximum atomic E-state index is 13.4. The Balaban J connectivity index is 1.93. The summed E-state index contributed by atoms with van der Waals surface area (Å²) in [6, 6.07) is 6.71. The third kappa shape index (κ3) is 6.06. The molecule has 0 saturated carbocycles. The second-order valence-corrected chi connectivity index (χ2v) is 5.92. The number of para-hydroxylation sites is 1. The Hall–Kier alpha value is -3.37. The van der Waals surface area contributed by atoms with Crippen molar-refractivity contribution in [3.63, 3.8) is 0 Å². The van der Waals surface area contributed by atoms with Crippen LogP contribution in [0.1, 0.15) is 12.5 Å². The smallest absolute Gasteiger partial charge is 0.416 e. The van der Waals surface area contributed by atoms with E-state index in [0.717, 1.165) is 6.07 Å². The zero-order valence-corrected chi connectivity index (χ0v) is 15.1. The van der Waals surface area contributed by atoms with Crippen molar-refractivity contribution in [2.45, 2.75) is 19.1 Å². The summed E-state index contributed by atoms with van der Waals surface area (Å²) in [7, 11) is 0. The molecule has 2 aromatic carbocycles. The minimum atomic E-state index is -4.73. The van der Waals surface area contributed by atoms with E-state index < -0.39 is 40.1 Å². The summed E-state index contributed by atoms with van der Waals surface area (Å²) in [5.41, 5.74) is -2.20. The summed E-state index contributed by atoms with van der Waals surface area (Å²) in [6.45, 7) is 1.38. The van der Waals surface area contributed by atoms with Crippen LogP contribution in [-0.4, -0.2) is 30.0 Å². The molecule has 2 aromatic rings. The van der Waals surface area contributed by atoms with E-state index in [-0.39, 0.29) is 24.6 Å². The lowest BCUT2D eigenvalue weighted by Crippen LogP contribution is -2.39. The number of nitrogens with zero attached hydrogens (tertiary/aromatic N) is 1. The molecule has 1 atom stereocenters. The molecule has 156 valence electrons.